The lowest BCUT2D eigenvalue weighted by molar-refractivity contribution is -0.121. The first-order valence-electron chi connectivity index (χ1n) is 9.67. The number of halogens is 1. The van der Waals surface area contributed by atoms with E-state index in [1.807, 2.05) is 37.3 Å². The van der Waals surface area contributed by atoms with Crippen LogP contribution in [0.1, 0.15) is 41.0 Å². The van der Waals surface area contributed by atoms with Crippen LogP contribution in [0.5, 0.6) is 0 Å². The highest BCUT2D eigenvalue weighted by molar-refractivity contribution is 5.92. The maximum absolute atomic E-state index is 13.2. The Kier molecular flexibility index (Phi) is 7.21. The maximum Gasteiger partial charge on any atom is 0.274 e. The van der Waals surface area contributed by atoms with Crippen molar-refractivity contribution >= 4 is 11.8 Å². The van der Waals surface area contributed by atoms with E-state index in [4.69, 9.17) is 0 Å². The van der Waals surface area contributed by atoms with Gasteiger partial charge in [0.1, 0.15) is 11.5 Å². The van der Waals surface area contributed by atoms with Crippen LogP contribution in [0.2, 0.25) is 0 Å². The summed E-state index contributed by atoms with van der Waals surface area (Å²) >= 11 is 0. The molecule has 0 aliphatic carbocycles. The SMILES string of the molecule is CC(NC(=O)CCN(Cc1ccc(F)cc1)C(=O)c1cnccn1)c1ccccc1. The second-order valence-electron chi connectivity index (χ2n) is 6.89. The summed E-state index contributed by atoms with van der Waals surface area (Å²) in [6.07, 6.45) is 4.44. The topological polar surface area (TPSA) is 75.2 Å². The lowest BCUT2D eigenvalue weighted by Gasteiger charge is -2.23. The zero-order valence-corrected chi connectivity index (χ0v) is 16.7. The molecule has 0 aliphatic heterocycles. The fourth-order valence-corrected chi connectivity index (χ4v) is 3.01. The standard InChI is InChI=1S/C23H23FN4O2/c1-17(19-5-3-2-4-6-19)27-22(29)11-14-28(16-18-7-9-20(24)10-8-18)23(30)21-15-25-12-13-26-21/h2-10,12-13,15,17H,11,14,16H2,1H3,(H,27,29). The van der Waals surface area contributed by atoms with Gasteiger partial charge in [0, 0.05) is 31.9 Å². The smallest absolute Gasteiger partial charge is 0.274 e. The van der Waals surface area contributed by atoms with E-state index in [1.165, 1.54) is 35.6 Å². The average Bonchev–Trinajstić information content (AvgIpc) is 2.78. The minimum absolute atomic E-state index is 0.129. The maximum atomic E-state index is 13.2. The molecule has 3 aromatic rings. The van der Waals surface area contributed by atoms with Crippen LogP contribution in [0.4, 0.5) is 4.39 Å². The quantitative estimate of drug-likeness (QED) is 0.621. The molecular formula is C23H23FN4O2. The molecule has 0 aliphatic rings. The molecule has 1 unspecified atom stereocenters. The van der Waals surface area contributed by atoms with Gasteiger partial charge in [0.2, 0.25) is 5.91 Å². The Hall–Kier alpha value is -3.61. The number of carbonyl (C=O) groups is 2. The molecule has 1 aromatic heterocycles. The predicted molar refractivity (Wildman–Crippen MR) is 111 cm³/mol. The van der Waals surface area contributed by atoms with Gasteiger partial charge in [-0.15, -0.1) is 0 Å². The van der Waals surface area contributed by atoms with Crippen molar-refractivity contribution in [3.8, 4) is 0 Å². The monoisotopic (exact) mass is 406 g/mol. The molecule has 2 aromatic carbocycles. The molecule has 0 saturated heterocycles. The minimum Gasteiger partial charge on any atom is -0.350 e. The van der Waals surface area contributed by atoms with Crippen molar-refractivity contribution in [3.63, 3.8) is 0 Å². The molecule has 154 valence electrons. The van der Waals surface area contributed by atoms with Crippen LogP contribution < -0.4 is 5.32 Å². The van der Waals surface area contributed by atoms with Crippen molar-refractivity contribution in [3.05, 3.63) is 95.8 Å². The lowest BCUT2D eigenvalue weighted by atomic mass is 10.1. The molecule has 3 rings (SSSR count). The number of carbonyl (C=O) groups excluding carboxylic acids is 2. The molecule has 2 amide bonds. The van der Waals surface area contributed by atoms with Gasteiger partial charge in [-0.1, -0.05) is 42.5 Å². The van der Waals surface area contributed by atoms with E-state index in [2.05, 4.69) is 15.3 Å². The first-order chi connectivity index (χ1) is 14.5. The van der Waals surface area contributed by atoms with E-state index in [0.717, 1.165) is 11.1 Å². The number of nitrogens with zero attached hydrogens (tertiary/aromatic N) is 3. The summed E-state index contributed by atoms with van der Waals surface area (Å²) in [6.45, 7) is 2.34. The van der Waals surface area contributed by atoms with E-state index >= 15 is 0 Å². The Morgan fingerprint density at radius 2 is 1.80 bits per heavy atom. The fourth-order valence-electron chi connectivity index (χ4n) is 3.01. The van der Waals surface area contributed by atoms with Crippen LogP contribution in [-0.2, 0) is 11.3 Å². The molecule has 0 radical (unpaired) electrons. The first kappa shape index (κ1) is 21.1. The summed E-state index contributed by atoms with van der Waals surface area (Å²) in [5.41, 5.74) is 1.95. The summed E-state index contributed by atoms with van der Waals surface area (Å²) in [6, 6.07) is 15.4. The van der Waals surface area contributed by atoms with Crippen molar-refractivity contribution < 1.29 is 14.0 Å². The number of hydrogen-bond donors (Lipinski definition) is 1. The Morgan fingerprint density at radius 3 is 2.47 bits per heavy atom. The van der Waals surface area contributed by atoms with E-state index in [-0.39, 0.29) is 48.9 Å². The van der Waals surface area contributed by atoms with Gasteiger partial charge in [0.15, 0.2) is 0 Å². The number of amides is 2. The van der Waals surface area contributed by atoms with Crippen LogP contribution in [0.25, 0.3) is 0 Å². The second kappa shape index (κ2) is 10.2. The second-order valence-corrected chi connectivity index (χ2v) is 6.89. The third-order valence-electron chi connectivity index (χ3n) is 4.64. The average molecular weight is 406 g/mol. The minimum atomic E-state index is -0.347. The van der Waals surface area contributed by atoms with Crippen molar-refractivity contribution in [1.29, 1.82) is 0 Å². The summed E-state index contributed by atoms with van der Waals surface area (Å²) in [7, 11) is 0. The molecule has 6 nitrogen and oxygen atoms in total. The molecule has 0 bridgehead atoms. The van der Waals surface area contributed by atoms with E-state index in [9.17, 15) is 14.0 Å². The van der Waals surface area contributed by atoms with E-state index in [1.54, 1.807) is 12.1 Å². The first-order valence-corrected chi connectivity index (χ1v) is 9.67. The van der Waals surface area contributed by atoms with Gasteiger partial charge >= 0.3 is 0 Å². The summed E-state index contributed by atoms with van der Waals surface area (Å²) in [5, 5.41) is 2.95. The molecule has 1 heterocycles. The van der Waals surface area contributed by atoms with Crippen molar-refractivity contribution in [2.24, 2.45) is 0 Å². The van der Waals surface area contributed by atoms with Gasteiger partial charge < -0.3 is 10.2 Å². The predicted octanol–water partition coefficient (Wildman–Crippen LogP) is 3.53. The number of nitrogens with one attached hydrogen (secondary N) is 1. The molecule has 0 saturated carbocycles. The molecule has 1 N–H and O–H groups in total. The Morgan fingerprint density at radius 1 is 1.07 bits per heavy atom. The van der Waals surface area contributed by atoms with E-state index in [0.29, 0.717) is 0 Å². The summed E-state index contributed by atoms with van der Waals surface area (Å²) in [5.74, 6) is -0.849. The van der Waals surface area contributed by atoms with Crippen LogP contribution in [0.3, 0.4) is 0 Å². The molecular weight excluding hydrogens is 383 g/mol. The van der Waals surface area contributed by atoms with Gasteiger partial charge in [0.25, 0.3) is 5.91 Å². The Labute approximate surface area is 174 Å². The van der Waals surface area contributed by atoms with Crippen molar-refractivity contribution in [2.45, 2.75) is 25.9 Å². The highest BCUT2D eigenvalue weighted by Gasteiger charge is 2.19. The molecule has 1 atom stereocenters. The molecule has 30 heavy (non-hydrogen) atoms. The zero-order valence-electron chi connectivity index (χ0n) is 16.7. The van der Waals surface area contributed by atoms with E-state index < -0.39 is 0 Å². The van der Waals surface area contributed by atoms with Crippen LogP contribution in [0.15, 0.2) is 73.2 Å². The largest absolute Gasteiger partial charge is 0.350 e. The number of aromatic nitrogens is 2. The summed E-state index contributed by atoms with van der Waals surface area (Å²) in [4.78, 5) is 34.9. The van der Waals surface area contributed by atoms with Crippen LogP contribution >= 0.6 is 0 Å². The Balaban J connectivity index is 1.66. The van der Waals surface area contributed by atoms with Gasteiger partial charge in [-0.25, -0.2) is 9.37 Å². The summed E-state index contributed by atoms with van der Waals surface area (Å²) < 4.78 is 13.2. The number of rotatable bonds is 8. The molecule has 7 heteroatoms. The third-order valence-corrected chi connectivity index (χ3v) is 4.64. The zero-order chi connectivity index (χ0) is 21.3. The number of benzene rings is 2. The highest BCUT2D eigenvalue weighted by Crippen LogP contribution is 2.13. The Bertz CT molecular complexity index is 966. The molecule has 0 spiro atoms. The van der Waals surface area contributed by atoms with Crippen molar-refractivity contribution in [2.75, 3.05) is 6.54 Å². The molecule has 0 fully saturated rings. The van der Waals surface area contributed by atoms with Gasteiger partial charge in [-0.2, -0.15) is 0 Å². The van der Waals surface area contributed by atoms with Gasteiger partial charge in [-0.05, 0) is 30.2 Å². The van der Waals surface area contributed by atoms with Gasteiger partial charge in [-0.3, -0.25) is 14.6 Å². The van der Waals surface area contributed by atoms with Gasteiger partial charge in [0.05, 0.1) is 12.2 Å². The van der Waals surface area contributed by atoms with Crippen LogP contribution in [-0.4, -0.2) is 33.2 Å². The fraction of sp³-hybridized carbons (Fsp3) is 0.217. The third kappa shape index (κ3) is 5.94. The number of hydrogen-bond acceptors (Lipinski definition) is 4. The van der Waals surface area contributed by atoms with Crippen molar-refractivity contribution in [1.82, 2.24) is 20.2 Å². The lowest BCUT2D eigenvalue weighted by Crippen LogP contribution is -2.36. The normalized spacial score (nSPS) is 11.5. The van der Waals surface area contributed by atoms with Crippen LogP contribution in [0, 0.1) is 5.82 Å². The highest BCUT2D eigenvalue weighted by atomic mass is 19.1.